The van der Waals surface area contributed by atoms with E-state index in [4.69, 9.17) is 0 Å². The van der Waals surface area contributed by atoms with Crippen LogP contribution in [0.15, 0.2) is 41.5 Å². The summed E-state index contributed by atoms with van der Waals surface area (Å²) in [4.78, 5) is 24.8. The van der Waals surface area contributed by atoms with Crippen molar-refractivity contribution in [2.24, 2.45) is 28.8 Å². The minimum absolute atomic E-state index is 0.136. The van der Waals surface area contributed by atoms with Gasteiger partial charge in [-0.3, -0.25) is 9.59 Å². The SMILES string of the molecule is O=C1C2C3C=CC(C3)C2C(=O)N1N=Cc1ccc(I)cc1. The molecule has 1 heterocycles. The van der Waals surface area contributed by atoms with Crippen LogP contribution in [-0.4, -0.2) is 23.0 Å². The lowest BCUT2D eigenvalue weighted by Gasteiger charge is -2.13. The summed E-state index contributed by atoms with van der Waals surface area (Å²) in [5.41, 5.74) is 0.883. The summed E-state index contributed by atoms with van der Waals surface area (Å²) in [5.74, 6) is -0.167. The molecule has 4 rings (SSSR count). The Balaban J connectivity index is 1.58. The minimum atomic E-state index is -0.179. The number of fused-ring (bicyclic) bond motifs is 5. The van der Waals surface area contributed by atoms with Gasteiger partial charge in [-0.1, -0.05) is 24.3 Å². The van der Waals surface area contributed by atoms with Crippen LogP contribution < -0.4 is 0 Å². The van der Waals surface area contributed by atoms with Gasteiger partial charge in [0.05, 0.1) is 18.1 Å². The van der Waals surface area contributed by atoms with Gasteiger partial charge in [-0.25, -0.2) is 0 Å². The predicted octanol–water partition coefficient (Wildman–Crippen LogP) is 2.43. The monoisotopic (exact) mass is 392 g/mol. The molecule has 21 heavy (non-hydrogen) atoms. The molecule has 0 spiro atoms. The third kappa shape index (κ3) is 1.97. The molecule has 0 aromatic heterocycles. The smallest absolute Gasteiger partial charge is 0.254 e. The molecule has 0 radical (unpaired) electrons. The second-order valence-corrected chi connectivity index (χ2v) is 7.03. The second kappa shape index (κ2) is 4.76. The quantitative estimate of drug-likeness (QED) is 0.336. The first-order valence-corrected chi connectivity index (χ1v) is 8.09. The van der Waals surface area contributed by atoms with Crippen LogP contribution >= 0.6 is 22.6 Å². The van der Waals surface area contributed by atoms with Crippen LogP contribution in [0.4, 0.5) is 0 Å². The van der Waals surface area contributed by atoms with E-state index in [1.54, 1.807) is 6.21 Å². The van der Waals surface area contributed by atoms with E-state index in [2.05, 4.69) is 39.8 Å². The van der Waals surface area contributed by atoms with Crippen LogP contribution in [0.3, 0.4) is 0 Å². The molecule has 2 bridgehead atoms. The first-order chi connectivity index (χ1) is 10.1. The zero-order valence-corrected chi connectivity index (χ0v) is 13.3. The molecular weight excluding hydrogens is 379 g/mol. The molecule has 1 aromatic rings. The number of allylic oxidation sites excluding steroid dienone is 2. The summed E-state index contributed by atoms with van der Waals surface area (Å²) in [5, 5.41) is 5.23. The molecule has 1 saturated carbocycles. The molecule has 1 saturated heterocycles. The van der Waals surface area contributed by atoms with Gasteiger partial charge in [0.1, 0.15) is 0 Å². The second-order valence-electron chi connectivity index (χ2n) is 5.78. The van der Waals surface area contributed by atoms with Crippen molar-refractivity contribution in [1.82, 2.24) is 5.01 Å². The largest absolute Gasteiger partial charge is 0.272 e. The van der Waals surface area contributed by atoms with E-state index in [0.29, 0.717) is 0 Å². The Labute approximate surface area is 136 Å². The van der Waals surface area contributed by atoms with Crippen molar-refractivity contribution in [2.45, 2.75) is 6.42 Å². The van der Waals surface area contributed by atoms with Crippen molar-refractivity contribution in [3.63, 3.8) is 0 Å². The highest BCUT2D eigenvalue weighted by Gasteiger charge is 2.59. The molecule has 3 aliphatic rings. The summed E-state index contributed by atoms with van der Waals surface area (Å²) in [6.07, 6.45) is 6.70. The lowest BCUT2D eigenvalue weighted by molar-refractivity contribution is -0.140. The van der Waals surface area contributed by atoms with Crippen LogP contribution in [-0.2, 0) is 9.59 Å². The number of hydrogen-bond donors (Lipinski definition) is 0. The number of hydrogen-bond acceptors (Lipinski definition) is 3. The summed E-state index contributed by atoms with van der Waals surface area (Å²) in [6.45, 7) is 0. The number of rotatable bonds is 2. The molecule has 1 aliphatic heterocycles. The number of halogens is 1. The maximum absolute atomic E-state index is 12.4. The van der Waals surface area contributed by atoms with E-state index in [-0.39, 0.29) is 35.5 Å². The van der Waals surface area contributed by atoms with Crippen molar-refractivity contribution in [2.75, 3.05) is 0 Å². The minimum Gasteiger partial charge on any atom is -0.272 e. The van der Waals surface area contributed by atoms with Gasteiger partial charge in [-0.2, -0.15) is 10.1 Å². The molecule has 5 heteroatoms. The molecule has 0 N–H and O–H groups in total. The van der Waals surface area contributed by atoms with Crippen LogP contribution in [0.2, 0.25) is 0 Å². The zero-order valence-electron chi connectivity index (χ0n) is 11.1. The highest BCUT2D eigenvalue weighted by atomic mass is 127. The van der Waals surface area contributed by atoms with Gasteiger partial charge in [0.25, 0.3) is 11.8 Å². The maximum Gasteiger partial charge on any atom is 0.254 e. The number of nitrogens with zero attached hydrogens (tertiary/aromatic N) is 2. The van der Waals surface area contributed by atoms with Crippen molar-refractivity contribution in [3.05, 3.63) is 45.6 Å². The molecule has 2 fully saturated rings. The third-order valence-corrected chi connectivity index (χ3v) is 5.36. The summed E-state index contributed by atoms with van der Waals surface area (Å²) < 4.78 is 1.13. The van der Waals surface area contributed by atoms with E-state index < -0.39 is 0 Å². The van der Waals surface area contributed by atoms with Gasteiger partial charge in [0.15, 0.2) is 0 Å². The normalized spacial score (nSPS) is 33.5. The molecule has 2 aliphatic carbocycles. The average Bonchev–Trinajstić information content (AvgIpc) is 3.14. The van der Waals surface area contributed by atoms with E-state index >= 15 is 0 Å². The standard InChI is InChI=1S/C16H13IN2O2/c17-12-5-1-9(2-6-12)8-18-19-15(20)13-10-3-4-11(7-10)14(13)16(19)21/h1-6,8,10-11,13-14H,7H2. The number of imide groups is 1. The molecule has 4 nitrogen and oxygen atoms in total. The first-order valence-electron chi connectivity index (χ1n) is 7.01. The Morgan fingerprint density at radius 3 is 2.19 bits per heavy atom. The Morgan fingerprint density at radius 2 is 1.62 bits per heavy atom. The van der Waals surface area contributed by atoms with Gasteiger partial charge in [0, 0.05) is 3.57 Å². The fourth-order valence-corrected chi connectivity index (χ4v) is 4.03. The van der Waals surface area contributed by atoms with Crippen molar-refractivity contribution >= 4 is 40.6 Å². The van der Waals surface area contributed by atoms with E-state index in [0.717, 1.165) is 20.6 Å². The first kappa shape index (κ1) is 13.2. The number of hydrazone groups is 1. The Morgan fingerprint density at radius 1 is 1.05 bits per heavy atom. The molecule has 4 atom stereocenters. The van der Waals surface area contributed by atoms with Gasteiger partial charge in [-0.15, -0.1) is 0 Å². The lowest BCUT2D eigenvalue weighted by Crippen LogP contribution is -2.28. The van der Waals surface area contributed by atoms with Gasteiger partial charge >= 0.3 is 0 Å². The maximum atomic E-state index is 12.4. The number of carbonyl (C=O) groups is 2. The Hall–Kier alpha value is -1.50. The Bertz CT molecular complexity index is 650. The van der Waals surface area contributed by atoms with E-state index in [9.17, 15) is 9.59 Å². The van der Waals surface area contributed by atoms with Crippen molar-refractivity contribution in [3.8, 4) is 0 Å². The number of amides is 2. The van der Waals surface area contributed by atoms with Crippen LogP contribution in [0, 0.1) is 27.2 Å². The fourth-order valence-electron chi connectivity index (χ4n) is 3.67. The molecular formula is C16H13IN2O2. The van der Waals surface area contributed by atoms with Gasteiger partial charge in [0.2, 0.25) is 0 Å². The predicted molar refractivity (Wildman–Crippen MR) is 86.3 cm³/mol. The van der Waals surface area contributed by atoms with Crippen LogP contribution in [0.5, 0.6) is 0 Å². The number of carbonyl (C=O) groups excluding carboxylic acids is 2. The van der Waals surface area contributed by atoms with Gasteiger partial charge in [-0.05, 0) is 58.5 Å². The van der Waals surface area contributed by atoms with Gasteiger partial charge < -0.3 is 0 Å². The topological polar surface area (TPSA) is 49.7 Å². The fraction of sp³-hybridized carbons (Fsp3) is 0.312. The highest BCUT2D eigenvalue weighted by molar-refractivity contribution is 14.1. The molecule has 106 valence electrons. The van der Waals surface area contributed by atoms with E-state index in [1.165, 1.54) is 0 Å². The van der Waals surface area contributed by atoms with Crippen molar-refractivity contribution in [1.29, 1.82) is 0 Å². The highest BCUT2D eigenvalue weighted by Crippen LogP contribution is 2.52. The third-order valence-electron chi connectivity index (χ3n) is 4.64. The molecule has 1 aromatic carbocycles. The summed E-state index contributed by atoms with van der Waals surface area (Å²) in [7, 11) is 0. The van der Waals surface area contributed by atoms with Crippen molar-refractivity contribution < 1.29 is 9.59 Å². The molecule has 4 unspecified atom stereocenters. The summed E-state index contributed by atoms with van der Waals surface area (Å²) in [6, 6.07) is 7.77. The number of benzene rings is 1. The van der Waals surface area contributed by atoms with E-state index in [1.807, 2.05) is 24.3 Å². The summed E-state index contributed by atoms with van der Waals surface area (Å²) >= 11 is 2.23. The molecule has 2 amide bonds. The average molecular weight is 392 g/mol. The Kier molecular flexibility index (Phi) is 2.99. The lowest BCUT2D eigenvalue weighted by atomic mass is 9.85. The van der Waals surface area contributed by atoms with Crippen LogP contribution in [0.25, 0.3) is 0 Å². The van der Waals surface area contributed by atoms with Crippen LogP contribution in [0.1, 0.15) is 12.0 Å². The zero-order chi connectivity index (χ0) is 14.6.